The van der Waals surface area contributed by atoms with Gasteiger partial charge in [-0.1, -0.05) is 37.6 Å². The van der Waals surface area contributed by atoms with Crippen molar-refractivity contribution in [2.75, 3.05) is 0 Å². The normalized spacial score (nSPS) is 23.5. The molecule has 1 N–H and O–H groups in total. The number of benzene rings is 1. The van der Waals surface area contributed by atoms with E-state index in [9.17, 15) is 9.18 Å². The fourth-order valence-electron chi connectivity index (χ4n) is 2.53. The highest BCUT2D eigenvalue weighted by atomic mass is 35.5. The summed E-state index contributed by atoms with van der Waals surface area (Å²) in [5.74, 6) is -0.0752. The smallest absolute Gasteiger partial charge is 0.220 e. The summed E-state index contributed by atoms with van der Waals surface area (Å²) < 4.78 is 13.9. The van der Waals surface area contributed by atoms with Crippen LogP contribution in [0.15, 0.2) is 18.2 Å². The molecule has 1 aliphatic heterocycles. The molecule has 1 amide bonds. The Kier molecular flexibility index (Phi) is 3.62. The van der Waals surface area contributed by atoms with E-state index in [1.807, 2.05) is 13.8 Å². The van der Waals surface area contributed by atoms with Crippen LogP contribution in [-0.2, 0) is 11.2 Å². The maximum absolute atomic E-state index is 13.9. The van der Waals surface area contributed by atoms with E-state index in [1.54, 1.807) is 12.1 Å². The first kappa shape index (κ1) is 13.3. The first-order chi connectivity index (χ1) is 8.44. The van der Waals surface area contributed by atoms with E-state index in [0.717, 1.165) is 6.42 Å². The summed E-state index contributed by atoms with van der Waals surface area (Å²) >= 11 is 5.79. The number of carbonyl (C=O) groups is 1. The first-order valence-electron chi connectivity index (χ1n) is 6.18. The predicted octanol–water partition coefficient (Wildman–Crippen LogP) is 3.33. The van der Waals surface area contributed by atoms with Crippen LogP contribution in [0.5, 0.6) is 0 Å². The van der Waals surface area contributed by atoms with Crippen molar-refractivity contribution in [1.29, 1.82) is 0 Å². The zero-order valence-electron chi connectivity index (χ0n) is 10.6. The molecule has 1 unspecified atom stereocenters. The molecule has 0 spiro atoms. The molecule has 1 saturated heterocycles. The molecule has 1 aliphatic rings. The number of halogens is 2. The third kappa shape index (κ3) is 2.37. The summed E-state index contributed by atoms with van der Waals surface area (Å²) in [6.07, 6.45) is 1.75. The predicted molar refractivity (Wildman–Crippen MR) is 70.1 cm³/mol. The summed E-state index contributed by atoms with van der Waals surface area (Å²) in [4.78, 5) is 11.5. The van der Waals surface area contributed by atoms with Crippen molar-refractivity contribution in [3.63, 3.8) is 0 Å². The van der Waals surface area contributed by atoms with Gasteiger partial charge in [-0.05, 0) is 30.4 Å². The lowest BCUT2D eigenvalue weighted by Gasteiger charge is -2.33. The van der Waals surface area contributed by atoms with E-state index in [2.05, 4.69) is 5.32 Å². The fraction of sp³-hybridized carbons (Fsp3) is 0.500. The molecule has 0 bridgehead atoms. The van der Waals surface area contributed by atoms with Gasteiger partial charge in [0, 0.05) is 12.0 Å². The van der Waals surface area contributed by atoms with Crippen LogP contribution in [0.2, 0.25) is 5.02 Å². The van der Waals surface area contributed by atoms with Crippen LogP contribution < -0.4 is 5.32 Å². The van der Waals surface area contributed by atoms with Gasteiger partial charge in [-0.15, -0.1) is 0 Å². The lowest BCUT2D eigenvalue weighted by molar-refractivity contribution is -0.120. The molecule has 0 saturated carbocycles. The van der Waals surface area contributed by atoms with Gasteiger partial charge in [0.2, 0.25) is 5.91 Å². The largest absolute Gasteiger partial charge is 0.350 e. The SMILES string of the molecule is CC(C)C1(Cc2cccc(Cl)c2F)CCC(=O)N1. The second-order valence-electron chi connectivity index (χ2n) is 5.25. The standard InChI is InChI=1S/C14H17ClFNO/c1-9(2)14(7-6-12(18)17-14)8-10-4-3-5-11(15)13(10)16/h3-5,9H,6-8H2,1-2H3,(H,17,18). The summed E-state index contributed by atoms with van der Waals surface area (Å²) in [7, 11) is 0. The lowest BCUT2D eigenvalue weighted by atomic mass is 9.79. The van der Waals surface area contributed by atoms with E-state index in [0.29, 0.717) is 18.4 Å². The van der Waals surface area contributed by atoms with Crippen molar-refractivity contribution < 1.29 is 9.18 Å². The van der Waals surface area contributed by atoms with Gasteiger partial charge in [0.25, 0.3) is 0 Å². The van der Waals surface area contributed by atoms with Gasteiger partial charge in [-0.25, -0.2) is 4.39 Å². The average molecular weight is 270 g/mol. The lowest BCUT2D eigenvalue weighted by Crippen LogP contribution is -2.48. The third-order valence-electron chi connectivity index (χ3n) is 3.83. The molecule has 2 rings (SSSR count). The number of hydrogen-bond donors (Lipinski definition) is 1. The Labute approximate surface area is 112 Å². The highest BCUT2D eigenvalue weighted by Crippen LogP contribution is 2.33. The van der Waals surface area contributed by atoms with Crippen LogP contribution in [-0.4, -0.2) is 11.4 Å². The Bertz CT molecular complexity index is 475. The number of carbonyl (C=O) groups excluding carboxylic acids is 1. The van der Waals surface area contributed by atoms with Crippen molar-refractivity contribution >= 4 is 17.5 Å². The topological polar surface area (TPSA) is 29.1 Å². The summed E-state index contributed by atoms with van der Waals surface area (Å²) in [5.41, 5.74) is 0.223. The van der Waals surface area contributed by atoms with Crippen LogP contribution in [0.3, 0.4) is 0 Å². The zero-order chi connectivity index (χ0) is 13.3. The van der Waals surface area contributed by atoms with Gasteiger partial charge in [-0.2, -0.15) is 0 Å². The summed E-state index contributed by atoms with van der Waals surface area (Å²) in [6.45, 7) is 4.10. The van der Waals surface area contributed by atoms with E-state index < -0.39 is 0 Å². The summed E-state index contributed by atoms with van der Waals surface area (Å²) in [6, 6.07) is 5.01. The quantitative estimate of drug-likeness (QED) is 0.896. The minimum atomic E-state index is -0.375. The van der Waals surface area contributed by atoms with Crippen LogP contribution in [0.25, 0.3) is 0 Å². The average Bonchev–Trinajstić information content (AvgIpc) is 2.68. The molecule has 1 heterocycles. The molecule has 0 aliphatic carbocycles. The van der Waals surface area contributed by atoms with Crippen molar-refractivity contribution in [2.45, 2.75) is 38.6 Å². The van der Waals surface area contributed by atoms with Gasteiger partial charge in [0.1, 0.15) is 5.82 Å². The summed E-state index contributed by atoms with van der Waals surface area (Å²) in [5, 5.41) is 3.15. The van der Waals surface area contributed by atoms with Crippen LogP contribution >= 0.6 is 11.6 Å². The minimum absolute atomic E-state index is 0.0473. The fourth-order valence-corrected chi connectivity index (χ4v) is 2.73. The van der Waals surface area contributed by atoms with Crippen molar-refractivity contribution in [2.24, 2.45) is 5.92 Å². The highest BCUT2D eigenvalue weighted by molar-refractivity contribution is 6.30. The van der Waals surface area contributed by atoms with Gasteiger partial charge in [-0.3, -0.25) is 4.79 Å². The second kappa shape index (κ2) is 4.88. The number of hydrogen-bond acceptors (Lipinski definition) is 1. The van der Waals surface area contributed by atoms with Gasteiger partial charge in [0.15, 0.2) is 0 Å². The first-order valence-corrected chi connectivity index (χ1v) is 6.56. The molecule has 2 nitrogen and oxygen atoms in total. The maximum atomic E-state index is 13.9. The van der Waals surface area contributed by atoms with E-state index >= 15 is 0 Å². The number of amides is 1. The zero-order valence-corrected chi connectivity index (χ0v) is 11.4. The number of nitrogens with one attached hydrogen (secondary N) is 1. The van der Waals surface area contributed by atoms with E-state index in [4.69, 9.17) is 11.6 Å². The molecule has 98 valence electrons. The Balaban J connectivity index is 2.30. The molecule has 1 fully saturated rings. The van der Waals surface area contributed by atoms with Crippen molar-refractivity contribution in [3.05, 3.63) is 34.6 Å². The van der Waals surface area contributed by atoms with Crippen molar-refractivity contribution in [3.8, 4) is 0 Å². The van der Waals surface area contributed by atoms with Crippen LogP contribution in [0.1, 0.15) is 32.3 Å². The Hall–Kier alpha value is -1.09. The van der Waals surface area contributed by atoms with Gasteiger partial charge < -0.3 is 5.32 Å². The molecule has 4 heteroatoms. The minimum Gasteiger partial charge on any atom is -0.350 e. The molecule has 1 aromatic rings. The second-order valence-corrected chi connectivity index (χ2v) is 5.66. The Morgan fingerprint density at radius 3 is 2.78 bits per heavy atom. The Morgan fingerprint density at radius 2 is 2.22 bits per heavy atom. The molecule has 0 radical (unpaired) electrons. The Morgan fingerprint density at radius 1 is 1.50 bits per heavy atom. The van der Waals surface area contributed by atoms with Gasteiger partial charge in [0.05, 0.1) is 5.02 Å². The molecular weight excluding hydrogens is 253 g/mol. The van der Waals surface area contributed by atoms with E-state index in [1.165, 1.54) is 6.07 Å². The van der Waals surface area contributed by atoms with Gasteiger partial charge >= 0.3 is 0 Å². The molecule has 18 heavy (non-hydrogen) atoms. The maximum Gasteiger partial charge on any atom is 0.220 e. The van der Waals surface area contributed by atoms with Crippen LogP contribution in [0.4, 0.5) is 4.39 Å². The molecule has 1 atom stereocenters. The molecule has 1 aromatic carbocycles. The van der Waals surface area contributed by atoms with Crippen molar-refractivity contribution in [1.82, 2.24) is 5.32 Å². The highest BCUT2D eigenvalue weighted by Gasteiger charge is 2.40. The van der Waals surface area contributed by atoms with Crippen LogP contribution in [0, 0.1) is 11.7 Å². The molecule has 0 aromatic heterocycles. The molecular formula is C14H17ClFNO. The van der Waals surface area contributed by atoms with E-state index in [-0.39, 0.29) is 28.2 Å². The number of rotatable bonds is 3. The third-order valence-corrected chi connectivity index (χ3v) is 4.12. The monoisotopic (exact) mass is 269 g/mol.